The molecule has 158 valence electrons. The highest BCUT2D eigenvalue weighted by molar-refractivity contribution is 6.31. The third-order valence-corrected chi connectivity index (χ3v) is 6.70. The van der Waals surface area contributed by atoms with Crippen LogP contribution in [0.1, 0.15) is 33.5 Å². The lowest BCUT2D eigenvalue weighted by molar-refractivity contribution is 0.0881. The van der Waals surface area contributed by atoms with Crippen LogP contribution >= 0.6 is 11.6 Å². The van der Waals surface area contributed by atoms with E-state index in [2.05, 4.69) is 21.6 Å². The first-order chi connectivity index (χ1) is 14.5. The zero-order valence-electron chi connectivity index (χ0n) is 18.0. The van der Waals surface area contributed by atoms with E-state index in [1.54, 1.807) is 0 Å². The second-order valence-corrected chi connectivity index (χ2v) is 8.89. The average Bonchev–Trinajstić information content (AvgIpc) is 3.28. The maximum Gasteiger partial charge on any atom is 0.184 e. The lowest BCUT2D eigenvalue weighted by Gasteiger charge is -2.28. The summed E-state index contributed by atoms with van der Waals surface area (Å²) in [5.41, 5.74) is 7.84. The second kappa shape index (κ2) is 8.93. The molecule has 0 radical (unpaired) electrons. The summed E-state index contributed by atoms with van der Waals surface area (Å²) < 4.78 is 0. The van der Waals surface area contributed by atoms with Crippen LogP contribution in [0, 0.1) is 20.8 Å². The summed E-state index contributed by atoms with van der Waals surface area (Å²) in [5, 5.41) is 7.67. The van der Waals surface area contributed by atoms with Crippen LogP contribution in [-0.4, -0.2) is 49.4 Å². The first-order valence-corrected chi connectivity index (χ1v) is 11.1. The van der Waals surface area contributed by atoms with Gasteiger partial charge in [0.25, 0.3) is 0 Å². The Morgan fingerprint density at radius 3 is 2.63 bits per heavy atom. The quantitative estimate of drug-likeness (QED) is 0.390. The molecular weight excluding hydrogens is 394 g/mol. The molecule has 2 aliphatic heterocycles. The Balaban J connectivity index is 1.43. The van der Waals surface area contributed by atoms with Gasteiger partial charge in [-0.25, -0.2) is 0 Å². The third kappa shape index (κ3) is 4.18. The first kappa shape index (κ1) is 21.1. The molecule has 0 aliphatic carbocycles. The minimum atomic E-state index is -0.136. The Labute approximate surface area is 184 Å². The number of hydrogen-bond acceptors (Lipinski definition) is 4. The number of carbonyl (C=O) groups is 1. The molecule has 2 heterocycles. The fourth-order valence-corrected chi connectivity index (χ4v) is 4.86. The molecule has 0 bridgehead atoms. The van der Waals surface area contributed by atoms with E-state index in [0.29, 0.717) is 0 Å². The predicted octanol–water partition coefficient (Wildman–Crippen LogP) is 4.53. The number of anilines is 1. The van der Waals surface area contributed by atoms with Gasteiger partial charge < -0.3 is 10.6 Å². The van der Waals surface area contributed by atoms with Crippen molar-refractivity contribution in [2.75, 3.05) is 38.0 Å². The highest BCUT2D eigenvalue weighted by Gasteiger charge is 2.39. The molecule has 2 aromatic carbocycles. The van der Waals surface area contributed by atoms with Crippen LogP contribution in [0.5, 0.6) is 0 Å². The summed E-state index contributed by atoms with van der Waals surface area (Å²) in [6.07, 6.45) is 0.968. The van der Waals surface area contributed by atoms with Crippen LogP contribution < -0.4 is 10.6 Å². The maximum absolute atomic E-state index is 13.6. The van der Waals surface area contributed by atoms with Crippen molar-refractivity contribution in [2.45, 2.75) is 33.2 Å². The zero-order valence-corrected chi connectivity index (χ0v) is 18.8. The van der Waals surface area contributed by atoms with Gasteiger partial charge in [0.15, 0.2) is 5.78 Å². The second-order valence-electron chi connectivity index (χ2n) is 8.48. The third-order valence-electron chi connectivity index (χ3n) is 6.30. The van der Waals surface area contributed by atoms with E-state index < -0.39 is 0 Å². The SMILES string of the molecule is Cc1ccc(NCCCN2CC3=C(CNC3)C2C(=O)c2c(C)cccc2C)cc1Cl. The molecular formula is C25H30ClN3O. The lowest BCUT2D eigenvalue weighted by atomic mass is 9.91. The van der Waals surface area contributed by atoms with E-state index >= 15 is 0 Å². The fraction of sp³-hybridized carbons (Fsp3) is 0.400. The molecule has 0 spiro atoms. The number of aryl methyl sites for hydroxylation is 3. The van der Waals surface area contributed by atoms with E-state index in [0.717, 1.165) is 72.1 Å². The molecule has 2 N–H and O–H groups in total. The Morgan fingerprint density at radius 1 is 1.13 bits per heavy atom. The molecule has 1 unspecified atom stereocenters. The monoisotopic (exact) mass is 423 g/mol. The van der Waals surface area contributed by atoms with E-state index in [4.69, 9.17) is 11.6 Å². The summed E-state index contributed by atoms with van der Waals surface area (Å²) >= 11 is 6.23. The van der Waals surface area contributed by atoms with Crippen molar-refractivity contribution in [3.63, 3.8) is 0 Å². The zero-order chi connectivity index (χ0) is 21.3. The van der Waals surface area contributed by atoms with Crippen LogP contribution in [0.25, 0.3) is 0 Å². The minimum absolute atomic E-state index is 0.136. The molecule has 0 aromatic heterocycles. The van der Waals surface area contributed by atoms with Gasteiger partial charge in [0.1, 0.15) is 0 Å². The van der Waals surface area contributed by atoms with Crippen molar-refractivity contribution < 1.29 is 4.79 Å². The highest BCUT2D eigenvalue weighted by Crippen LogP contribution is 2.31. The molecule has 5 heteroatoms. The summed E-state index contributed by atoms with van der Waals surface area (Å²) in [6, 6.07) is 12.0. The van der Waals surface area contributed by atoms with Crippen molar-refractivity contribution in [1.29, 1.82) is 0 Å². The number of carbonyl (C=O) groups excluding carboxylic acids is 1. The molecule has 1 atom stereocenters. The van der Waals surface area contributed by atoms with E-state index in [-0.39, 0.29) is 11.8 Å². The van der Waals surface area contributed by atoms with Gasteiger partial charge in [-0.05, 0) is 67.2 Å². The summed E-state index contributed by atoms with van der Waals surface area (Å²) in [6.45, 7) is 10.4. The lowest BCUT2D eigenvalue weighted by Crippen LogP contribution is -2.42. The molecule has 4 nitrogen and oxygen atoms in total. The summed E-state index contributed by atoms with van der Waals surface area (Å²) in [7, 11) is 0. The van der Waals surface area contributed by atoms with Crippen LogP contribution in [-0.2, 0) is 0 Å². The number of benzene rings is 2. The van der Waals surface area contributed by atoms with E-state index in [1.807, 2.05) is 51.1 Å². The van der Waals surface area contributed by atoms with Crippen LogP contribution in [0.3, 0.4) is 0 Å². The van der Waals surface area contributed by atoms with Crippen molar-refractivity contribution in [2.24, 2.45) is 0 Å². The number of halogens is 1. The highest BCUT2D eigenvalue weighted by atomic mass is 35.5. The van der Waals surface area contributed by atoms with Gasteiger partial charge in [-0.2, -0.15) is 0 Å². The number of nitrogens with one attached hydrogen (secondary N) is 2. The van der Waals surface area contributed by atoms with Gasteiger partial charge in [0.05, 0.1) is 6.04 Å². The Kier molecular flexibility index (Phi) is 6.28. The molecule has 0 saturated carbocycles. The predicted molar refractivity (Wildman–Crippen MR) is 125 cm³/mol. The van der Waals surface area contributed by atoms with Gasteiger partial charge in [0.2, 0.25) is 0 Å². The standard InChI is InChI=1S/C25H30ClN3O/c1-16-8-9-20(12-22(16)26)28-10-5-11-29-15-19-13-27-14-21(19)24(29)25(30)23-17(2)6-4-7-18(23)3/h4,6-9,12,24,27-28H,5,10-11,13-15H2,1-3H3. The first-order valence-electron chi connectivity index (χ1n) is 10.7. The largest absolute Gasteiger partial charge is 0.385 e. The van der Waals surface area contributed by atoms with Gasteiger partial charge in [0, 0.05) is 49.0 Å². The van der Waals surface area contributed by atoms with Gasteiger partial charge >= 0.3 is 0 Å². The molecule has 0 fully saturated rings. The minimum Gasteiger partial charge on any atom is -0.385 e. The smallest absolute Gasteiger partial charge is 0.184 e. The van der Waals surface area contributed by atoms with Gasteiger partial charge in [-0.15, -0.1) is 0 Å². The Hall–Kier alpha value is -2.14. The molecule has 30 heavy (non-hydrogen) atoms. The molecule has 2 aliphatic rings. The van der Waals surface area contributed by atoms with Gasteiger partial charge in [-0.3, -0.25) is 9.69 Å². The van der Waals surface area contributed by atoms with Crippen LogP contribution in [0.2, 0.25) is 5.02 Å². The van der Waals surface area contributed by atoms with E-state index in [9.17, 15) is 4.79 Å². The number of ketones is 1. The Bertz CT molecular complexity index is 978. The summed E-state index contributed by atoms with van der Waals surface area (Å²) in [5.74, 6) is 0.248. The molecule has 4 rings (SSSR count). The van der Waals surface area contributed by atoms with Crippen molar-refractivity contribution in [1.82, 2.24) is 10.2 Å². The Morgan fingerprint density at radius 2 is 1.90 bits per heavy atom. The molecule has 2 aromatic rings. The number of Topliss-reactive ketones (excluding diaryl/α,β-unsaturated/α-hetero) is 1. The topological polar surface area (TPSA) is 44.4 Å². The van der Waals surface area contributed by atoms with Crippen LogP contribution in [0.4, 0.5) is 5.69 Å². The van der Waals surface area contributed by atoms with Gasteiger partial charge in [-0.1, -0.05) is 35.9 Å². The van der Waals surface area contributed by atoms with Crippen molar-refractivity contribution in [3.8, 4) is 0 Å². The fourth-order valence-electron chi connectivity index (χ4n) is 4.68. The maximum atomic E-state index is 13.6. The normalized spacial score (nSPS) is 18.7. The number of hydrogen-bond donors (Lipinski definition) is 2. The number of rotatable bonds is 7. The summed E-state index contributed by atoms with van der Waals surface area (Å²) in [4.78, 5) is 16.0. The molecule has 0 saturated heterocycles. The number of nitrogens with zero attached hydrogens (tertiary/aromatic N) is 1. The molecule has 0 amide bonds. The van der Waals surface area contributed by atoms with Crippen molar-refractivity contribution in [3.05, 3.63) is 74.8 Å². The van der Waals surface area contributed by atoms with E-state index in [1.165, 1.54) is 11.1 Å². The van der Waals surface area contributed by atoms with Crippen LogP contribution in [0.15, 0.2) is 47.5 Å². The van der Waals surface area contributed by atoms with Crippen molar-refractivity contribution >= 4 is 23.1 Å². The average molecular weight is 424 g/mol.